The van der Waals surface area contributed by atoms with E-state index in [4.69, 9.17) is 20.5 Å². The molecular formula is C17H21ClN2O5S. The van der Waals surface area contributed by atoms with Gasteiger partial charge in [-0.1, -0.05) is 44.2 Å². The summed E-state index contributed by atoms with van der Waals surface area (Å²) in [6.45, 7) is 3.68. The molecule has 0 unspecified atom stereocenters. The van der Waals surface area contributed by atoms with Gasteiger partial charge in [0.05, 0.1) is 6.26 Å². The van der Waals surface area contributed by atoms with Gasteiger partial charge in [0, 0.05) is 6.42 Å². The van der Waals surface area contributed by atoms with E-state index in [1.54, 1.807) is 0 Å². The lowest BCUT2D eigenvalue weighted by Crippen LogP contribution is -2.37. The summed E-state index contributed by atoms with van der Waals surface area (Å²) in [5.41, 5.74) is 1.21. The fourth-order valence-electron chi connectivity index (χ4n) is 2.21. The predicted molar refractivity (Wildman–Crippen MR) is 97.2 cm³/mol. The molecule has 0 saturated heterocycles. The van der Waals surface area contributed by atoms with Gasteiger partial charge in [0.2, 0.25) is 0 Å². The second-order valence-electron chi connectivity index (χ2n) is 6.23. The fraction of sp³-hybridized carbons (Fsp3) is 0.412. The molecule has 0 fully saturated rings. The van der Waals surface area contributed by atoms with Crippen molar-refractivity contribution in [3.05, 3.63) is 57.6 Å². The Morgan fingerprint density at radius 3 is 2.46 bits per heavy atom. The number of halogens is 1. The van der Waals surface area contributed by atoms with Crippen LogP contribution in [-0.2, 0) is 33.9 Å². The third-order valence-electron chi connectivity index (χ3n) is 3.37. The number of rotatable bonds is 8. The van der Waals surface area contributed by atoms with Gasteiger partial charge in [0.25, 0.3) is 21.7 Å². The van der Waals surface area contributed by atoms with E-state index in [-0.39, 0.29) is 29.3 Å². The third kappa shape index (κ3) is 5.82. The predicted octanol–water partition coefficient (Wildman–Crippen LogP) is 2.62. The maximum atomic E-state index is 12.5. The van der Waals surface area contributed by atoms with Crippen molar-refractivity contribution < 1.29 is 22.1 Å². The van der Waals surface area contributed by atoms with E-state index in [0.29, 0.717) is 16.8 Å². The van der Waals surface area contributed by atoms with Crippen LogP contribution < -0.4 is 9.47 Å². The van der Waals surface area contributed by atoms with E-state index in [1.165, 1.54) is 0 Å². The summed E-state index contributed by atoms with van der Waals surface area (Å²) in [5.74, 6) is 0.291. The topological polar surface area (TPSA) is 92.4 Å². The highest BCUT2D eigenvalue weighted by Gasteiger charge is 2.26. The van der Waals surface area contributed by atoms with E-state index >= 15 is 0 Å². The van der Waals surface area contributed by atoms with Crippen molar-refractivity contribution in [1.29, 1.82) is 0 Å². The van der Waals surface area contributed by atoms with E-state index < -0.39 is 16.7 Å². The van der Waals surface area contributed by atoms with Crippen LogP contribution in [0.3, 0.4) is 0 Å². The fourth-order valence-corrected chi connectivity index (χ4v) is 2.73. The lowest BCUT2D eigenvalue weighted by Gasteiger charge is -2.15. The molecular weight excluding hydrogens is 380 g/mol. The SMILES string of the molecule is CC(C)Cc1c(OCc2ccccc2)nc(COS(C)(=O)=O)c(Cl)[n+]1[O-]. The molecule has 2 aromatic rings. The molecule has 0 atom stereocenters. The molecule has 1 aromatic carbocycles. The maximum Gasteiger partial charge on any atom is 0.311 e. The first-order chi connectivity index (χ1) is 12.2. The van der Waals surface area contributed by atoms with Gasteiger partial charge in [-0.25, -0.2) is 4.98 Å². The minimum atomic E-state index is -3.70. The molecule has 0 aliphatic rings. The standard InChI is InChI=1S/C17H21ClN2O5S/c1-12(2)9-15-17(24-10-13-7-5-4-6-8-13)19-14(16(18)20(15)21)11-25-26(3,22)23/h4-8,12H,9-11H2,1-3H3. The Labute approximate surface area is 158 Å². The normalized spacial score (nSPS) is 11.7. The molecule has 0 saturated carbocycles. The minimum Gasteiger partial charge on any atom is -0.617 e. The van der Waals surface area contributed by atoms with Crippen LogP contribution in [0.15, 0.2) is 30.3 Å². The van der Waals surface area contributed by atoms with E-state index in [0.717, 1.165) is 11.8 Å². The number of hydrogen-bond acceptors (Lipinski definition) is 6. The van der Waals surface area contributed by atoms with Gasteiger partial charge in [-0.05, 0) is 23.1 Å². The van der Waals surface area contributed by atoms with Crippen molar-refractivity contribution in [1.82, 2.24) is 4.98 Å². The monoisotopic (exact) mass is 400 g/mol. The van der Waals surface area contributed by atoms with Crippen LogP contribution in [0.1, 0.15) is 30.8 Å². The van der Waals surface area contributed by atoms with Gasteiger partial charge in [-0.2, -0.15) is 13.1 Å². The average Bonchev–Trinajstić information content (AvgIpc) is 2.57. The van der Waals surface area contributed by atoms with Crippen LogP contribution >= 0.6 is 11.6 Å². The van der Waals surface area contributed by atoms with Crippen molar-refractivity contribution in [2.24, 2.45) is 5.92 Å². The Balaban J connectivity index is 2.35. The molecule has 7 nitrogen and oxygen atoms in total. The van der Waals surface area contributed by atoms with Crippen LogP contribution in [0.25, 0.3) is 0 Å². The Morgan fingerprint density at radius 2 is 1.88 bits per heavy atom. The third-order valence-corrected chi connectivity index (χ3v) is 4.29. The van der Waals surface area contributed by atoms with Crippen molar-refractivity contribution in [3.8, 4) is 5.88 Å². The smallest absolute Gasteiger partial charge is 0.311 e. The van der Waals surface area contributed by atoms with E-state index in [2.05, 4.69) is 4.98 Å². The molecule has 1 aromatic heterocycles. The second kappa shape index (κ2) is 8.66. The first-order valence-electron chi connectivity index (χ1n) is 7.99. The lowest BCUT2D eigenvalue weighted by atomic mass is 10.1. The number of nitrogens with zero attached hydrogens (tertiary/aromatic N) is 2. The second-order valence-corrected chi connectivity index (χ2v) is 8.24. The van der Waals surface area contributed by atoms with Crippen LogP contribution in [0.4, 0.5) is 0 Å². The summed E-state index contributed by atoms with van der Waals surface area (Å²) < 4.78 is 33.4. The zero-order chi connectivity index (χ0) is 19.3. The lowest BCUT2D eigenvalue weighted by molar-refractivity contribution is -0.613. The van der Waals surface area contributed by atoms with Gasteiger partial charge >= 0.3 is 5.15 Å². The molecule has 0 N–H and O–H groups in total. The molecule has 0 aliphatic carbocycles. The van der Waals surface area contributed by atoms with Crippen LogP contribution in [-0.4, -0.2) is 19.7 Å². The van der Waals surface area contributed by atoms with Crippen molar-refractivity contribution in [2.75, 3.05) is 6.26 Å². The number of benzene rings is 1. The molecule has 142 valence electrons. The zero-order valence-electron chi connectivity index (χ0n) is 14.8. The molecule has 0 radical (unpaired) electrons. The molecule has 9 heteroatoms. The number of ether oxygens (including phenoxy) is 1. The number of aromatic nitrogens is 2. The molecule has 0 spiro atoms. The van der Waals surface area contributed by atoms with Crippen LogP contribution in [0, 0.1) is 11.1 Å². The van der Waals surface area contributed by atoms with Gasteiger partial charge in [-0.3, -0.25) is 4.18 Å². The first-order valence-corrected chi connectivity index (χ1v) is 10.2. The zero-order valence-corrected chi connectivity index (χ0v) is 16.4. The first kappa shape index (κ1) is 20.4. The Morgan fingerprint density at radius 1 is 1.23 bits per heavy atom. The van der Waals surface area contributed by atoms with Crippen LogP contribution in [0.5, 0.6) is 5.88 Å². The molecule has 26 heavy (non-hydrogen) atoms. The number of hydrogen-bond donors (Lipinski definition) is 0. The average molecular weight is 401 g/mol. The summed E-state index contributed by atoms with van der Waals surface area (Å²) in [4.78, 5) is 4.24. The summed E-state index contributed by atoms with van der Waals surface area (Å²) in [6.07, 6.45) is 1.32. The quantitative estimate of drug-likeness (QED) is 0.384. The summed E-state index contributed by atoms with van der Waals surface area (Å²) in [6, 6.07) is 9.42. The summed E-state index contributed by atoms with van der Waals surface area (Å²) in [7, 11) is -3.70. The van der Waals surface area contributed by atoms with E-state index in [9.17, 15) is 13.6 Å². The Hall–Kier alpha value is -1.90. The van der Waals surface area contributed by atoms with Gasteiger partial charge in [0.1, 0.15) is 13.2 Å². The highest BCUT2D eigenvalue weighted by atomic mass is 35.5. The molecule has 1 heterocycles. The molecule has 0 bridgehead atoms. The molecule has 0 amide bonds. The highest BCUT2D eigenvalue weighted by molar-refractivity contribution is 7.85. The van der Waals surface area contributed by atoms with E-state index in [1.807, 2.05) is 44.2 Å². The molecule has 2 rings (SSSR count). The largest absolute Gasteiger partial charge is 0.617 e. The van der Waals surface area contributed by atoms with Crippen molar-refractivity contribution in [3.63, 3.8) is 0 Å². The van der Waals surface area contributed by atoms with Gasteiger partial charge < -0.3 is 9.94 Å². The van der Waals surface area contributed by atoms with Gasteiger partial charge in [0.15, 0.2) is 5.69 Å². The van der Waals surface area contributed by atoms with Crippen molar-refractivity contribution in [2.45, 2.75) is 33.5 Å². The summed E-state index contributed by atoms with van der Waals surface area (Å²) >= 11 is 6.06. The summed E-state index contributed by atoms with van der Waals surface area (Å²) in [5, 5.41) is 12.3. The van der Waals surface area contributed by atoms with Gasteiger partial charge in [-0.15, -0.1) is 0 Å². The minimum absolute atomic E-state index is 0.00246. The Kier molecular flexibility index (Phi) is 6.80. The maximum absolute atomic E-state index is 12.5. The Bertz CT molecular complexity index is 857. The van der Waals surface area contributed by atoms with Crippen LogP contribution in [0.2, 0.25) is 5.15 Å². The van der Waals surface area contributed by atoms with Crippen molar-refractivity contribution >= 4 is 21.7 Å². The molecule has 0 aliphatic heterocycles. The highest BCUT2D eigenvalue weighted by Crippen LogP contribution is 2.22.